The number of rotatable bonds is 4. The summed E-state index contributed by atoms with van der Waals surface area (Å²) in [6.45, 7) is 0. The Morgan fingerprint density at radius 2 is 0.923 bits per heavy atom. The first-order valence-electron chi connectivity index (χ1n) is 17.2. The molecule has 4 heterocycles. The van der Waals surface area contributed by atoms with Crippen LogP contribution in [-0.4, -0.2) is 19.9 Å². The maximum absolute atomic E-state index is 6.39. The fourth-order valence-electron chi connectivity index (χ4n) is 7.59. The van der Waals surface area contributed by atoms with Gasteiger partial charge in [0.25, 0.3) is 0 Å². The van der Waals surface area contributed by atoms with Crippen LogP contribution < -0.4 is 0 Å². The maximum Gasteiger partial charge on any atom is 0.164 e. The van der Waals surface area contributed by atoms with Crippen LogP contribution in [-0.2, 0) is 0 Å². The third-order valence-electron chi connectivity index (χ3n) is 9.94. The van der Waals surface area contributed by atoms with Crippen LogP contribution in [0.4, 0.5) is 0 Å². The molecule has 0 saturated carbocycles. The first-order valence-corrected chi connectivity index (χ1v) is 17.2. The van der Waals surface area contributed by atoms with E-state index < -0.39 is 0 Å². The molecule has 7 aromatic carbocycles. The largest absolute Gasteiger partial charge is 0.456 e. The number of benzene rings is 7. The Hall–Kier alpha value is -7.18. The first-order chi connectivity index (χ1) is 25.8. The number of hydrogen-bond acceptors (Lipinski definition) is 6. The van der Waals surface area contributed by atoms with Crippen molar-refractivity contribution in [2.75, 3.05) is 0 Å². The van der Waals surface area contributed by atoms with Crippen molar-refractivity contribution in [3.05, 3.63) is 158 Å². The summed E-state index contributed by atoms with van der Waals surface area (Å²) in [5.41, 5.74) is 9.84. The third-order valence-corrected chi connectivity index (χ3v) is 9.94. The predicted octanol–water partition coefficient (Wildman–Crippen LogP) is 12.0. The SMILES string of the molecule is c1ccc(-c2nc(-c3cccc4c(-c5cccc6oc7cc8ccccc8nc7c56)cccc34)nc(-c3cccc4oc5ccccc5c34)n2)cc1. The normalized spacial score (nSPS) is 11.8. The Morgan fingerprint density at radius 1 is 0.346 bits per heavy atom. The number of fused-ring (bicyclic) bond motifs is 8. The van der Waals surface area contributed by atoms with Crippen molar-refractivity contribution in [1.82, 2.24) is 19.9 Å². The first kappa shape index (κ1) is 28.6. The van der Waals surface area contributed by atoms with Crippen LogP contribution in [0.1, 0.15) is 0 Å². The highest BCUT2D eigenvalue weighted by Crippen LogP contribution is 2.42. The van der Waals surface area contributed by atoms with Crippen LogP contribution in [0.3, 0.4) is 0 Å². The van der Waals surface area contributed by atoms with Crippen molar-refractivity contribution >= 4 is 65.7 Å². The standard InChI is InChI=1S/C46H26N4O2/c1-2-12-27(13-3-1)44-48-45(50-46(49-44)35-21-11-24-38-41(35)34-15-5-7-23-37(34)51-38)33-20-9-16-29-30(17-8-18-31(29)33)32-19-10-25-39-42(32)43-40(52-39)26-28-14-4-6-22-36(28)47-43/h1-26H. The van der Waals surface area contributed by atoms with Gasteiger partial charge in [-0.15, -0.1) is 0 Å². The van der Waals surface area contributed by atoms with Gasteiger partial charge in [0, 0.05) is 32.8 Å². The van der Waals surface area contributed by atoms with E-state index >= 15 is 0 Å². The van der Waals surface area contributed by atoms with Gasteiger partial charge in [-0.3, -0.25) is 0 Å². The van der Waals surface area contributed by atoms with Gasteiger partial charge in [-0.25, -0.2) is 19.9 Å². The van der Waals surface area contributed by atoms with Crippen LogP contribution in [0.25, 0.3) is 111 Å². The zero-order chi connectivity index (χ0) is 34.2. The van der Waals surface area contributed by atoms with E-state index in [-0.39, 0.29) is 0 Å². The quantitative estimate of drug-likeness (QED) is 0.186. The molecular formula is C46H26N4O2. The van der Waals surface area contributed by atoms with Crippen LogP contribution in [0.2, 0.25) is 0 Å². The lowest BCUT2D eigenvalue weighted by Crippen LogP contribution is -2.01. The van der Waals surface area contributed by atoms with Crippen molar-refractivity contribution in [2.24, 2.45) is 0 Å². The number of pyridine rings is 1. The molecule has 0 radical (unpaired) electrons. The van der Waals surface area contributed by atoms with E-state index in [0.29, 0.717) is 17.5 Å². The van der Waals surface area contributed by atoms with E-state index in [1.807, 2.05) is 91.0 Å². The molecule has 0 aliphatic carbocycles. The van der Waals surface area contributed by atoms with Crippen molar-refractivity contribution in [2.45, 2.75) is 0 Å². The molecule has 0 aliphatic heterocycles. The van der Waals surface area contributed by atoms with E-state index in [1.165, 1.54) is 0 Å². The summed E-state index contributed by atoms with van der Waals surface area (Å²) >= 11 is 0. The van der Waals surface area contributed by atoms with Gasteiger partial charge in [0.2, 0.25) is 0 Å². The van der Waals surface area contributed by atoms with Gasteiger partial charge in [0.05, 0.1) is 10.9 Å². The highest BCUT2D eigenvalue weighted by Gasteiger charge is 2.20. The third kappa shape index (κ3) is 4.38. The van der Waals surface area contributed by atoms with Crippen molar-refractivity contribution < 1.29 is 8.83 Å². The smallest absolute Gasteiger partial charge is 0.164 e. The molecule has 0 saturated heterocycles. The van der Waals surface area contributed by atoms with Gasteiger partial charge in [0.15, 0.2) is 23.1 Å². The van der Waals surface area contributed by atoms with E-state index in [9.17, 15) is 0 Å². The summed E-state index contributed by atoms with van der Waals surface area (Å²) in [5, 5.41) is 6.16. The maximum atomic E-state index is 6.39. The molecule has 0 N–H and O–H groups in total. The lowest BCUT2D eigenvalue weighted by molar-refractivity contribution is 0.668. The number of aromatic nitrogens is 4. The molecule has 11 aromatic rings. The second kappa shape index (κ2) is 11.2. The zero-order valence-corrected chi connectivity index (χ0v) is 27.6. The van der Waals surface area contributed by atoms with Crippen molar-refractivity contribution in [3.63, 3.8) is 0 Å². The van der Waals surface area contributed by atoms with Gasteiger partial charge < -0.3 is 8.83 Å². The summed E-state index contributed by atoms with van der Waals surface area (Å²) in [4.78, 5) is 20.5. The molecule has 0 atom stereocenters. The van der Waals surface area contributed by atoms with E-state index in [4.69, 9.17) is 28.8 Å². The summed E-state index contributed by atoms with van der Waals surface area (Å²) in [7, 11) is 0. The summed E-state index contributed by atoms with van der Waals surface area (Å²) in [6, 6.07) is 53.4. The van der Waals surface area contributed by atoms with Crippen LogP contribution in [0.15, 0.2) is 167 Å². The zero-order valence-electron chi connectivity index (χ0n) is 27.6. The molecule has 11 rings (SSSR count). The van der Waals surface area contributed by atoms with E-state index in [0.717, 1.165) is 93.5 Å². The van der Waals surface area contributed by atoms with Crippen LogP contribution in [0, 0.1) is 0 Å². The second-order valence-electron chi connectivity index (χ2n) is 13.0. The predicted molar refractivity (Wildman–Crippen MR) is 209 cm³/mol. The highest BCUT2D eigenvalue weighted by atomic mass is 16.3. The molecular weight excluding hydrogens is 641 g/mol. The molecule has 0 fully saturated rings. The average molecular weight is 667 g/mol. The Bertz CT molecular complexity index is 3200. The minimum atomic E-state index is 0.585. The van der Waals surface area contributed by atoms with Gasteiger partial charge in [0.1, 0.15) is 22.3 Å². The highest BCUT2D eigenvalue weighted by molar-refractivity contribution is 6.16. The number of furan rings is 2. The molecule has 242 valence electrons. The Balaban J connectivity index is 1.15. The lowest BCUT2D eigenvalue weighted by atomic mass is 9.93. The van der Waals surface area contributed by atoms with E-state index in [2.05, 4.69) is 66.7 Å². The van der Waals surface area contributed by atoms with Gasteiger partial charge >= 0.3 is 0 Å². The molecule has 6 heteroatoms. The molecule has 4 aromatic heterocycles. The Morgan fingerprint density at radius 3 is 1.79 bits per heavy atom. The lowest BCUT2D eigenvalue weighted by Gasteiger charge is -2.13. The second-order valence-corrected chi connectivity index (χ2v) is 13.0. The molecule has 0 spiro atoms. The molecule has 52 heavy (non-hydrogen) atoms. The fraction of sp³-hybridized carbons (Fsp3) is 0. The minimum absolute atomic E-state index is 0.585. The number of para-hydroxylation sites is 2. The molecule has 0 amide bonds. The van der Waals surface area contributed by atoms with Crippen LogP contribution >= 0.6 is 0 Å². The molecule has 0 bridgehead atoms. The summed E-state index contributed by atoms with van der Waals surface area (Å²) < 4.78 is 12.6. The van der Waals surface area contributed by atoms with Gasteiger partial charge in [-0.2, -0.15) is 0 Å². The van der Waals surface area contributed by atoms with Crippen molar-refractivity contribution in [3.8, 4) is 45.3 Å². The molecule has 0 aliphatic rings. The van der Waals surface area contributed by atoms with Gasteiger partial charge in [-0.1, -0.05) is 127 Å². The minimum Gasteiger partial charge on any atom is -0.456 e. The summed E-state index contributed by atoms with van der Waals surface area (Å²) in [6.07, 6.45) is 0. The van der Waals surface area contributed by atoms with E-state index in [1.54, 1.807) is 0 Å². The van der Waals surface area contributed by atoms with Crippen LogP contribution in [0.5, 0.6) is 0 Å². The fourth-order valence-corrected chi connectivity index (χ4v) is 7.59. The Labute approximate surface area is 296 Å². The topological polar surface area (TPSA) is 77.8 Å². The van der Waals surface area contributed by atoms with Crippen molar-refractivity contribution in [1.29, 1.82) is 0 Å². The molecule has 0 unspecified atom stereocenters. The summed E-state index contributed by atoms with van der Waals surface area (Å²) in [5.74, 6) is 1.78. The molecule has 6 nitrogen and oxygen atoms in total. The monoisotopic (exact) mass is 666 g/mol. The Kier molecular flexibility index (Phi) is 6.15. The number of hydrogen-bond donors (Lipinski definition) is 0. The van der Waals surface area contributed by atoms with Gasteiger partial charge in [-0.05, 0) is 52.2 Å². The number of nitrogens with zero attached hydrogens (tertiary/aromatic N) is 4. The average Bonchev–Trinajstić information content (AvgIpc) is 3.77.